The van der Waals surface area contributed by atoms with E-state index >= 15 is 0 Å². The number of rotatable bonds is 4. The van der Waals surface area contributed by atoms with E-state index in [4.69, 9.17) is 5.11 Å². The van der Waals surface area contributed by atoms with Gasteiger partial charge in [-0.2, -0.15) is 0 Å². The SMILES string of the molecule is CC(C(=O)O)S(=O)(=O)N1CCC(N2CCCCC2)CC1. The minimum Gasteiger partial charge on any atom is -0.480 e. The molecule has 2 aliphatic heterocycles. The van der Waals surface area contributed by atoms with Crippen molar-refractivity contribution in [2.24, 2.45) is 0 Å². The Labute approximate surface area is 120 Å². The molecular weight excluding hydrogens is 280 g/mol. The number of piperidine rings is 2. The fourth-order valence-corrected chi connectivity index (χ4v) is 4.52. The number of hydrogen-bond donors (Lipinski definition) is 1. The smallest absolute Gasteiger partial charge is 0.323 e. The van der Waals surface area contributed by atoms with Crippen LogP contribution in [0.2, 0.25) is 0 Å². The Morgan fingerprint density at radius 3 is 2.15 bits per heavy atom. The molecule has 1 N–H and O–H groups in total. The Kier molecular flexibility index (Phi) is 5.04. The third-order valence-corrected chi connectivity index (χ3v) is 6.67. The third kappa shape index (κ3) is 3.32. The Hall–Kier alpha value is -0.660. The van der Waals surface area contributed by atoms with Crippen LogP contribution >= 0.6 is 0 Å². The third-order valence-electron chi connectivity index (χ3n) is 4.48. The highest BCUT2D eigenvalue weighted by molar-refractivity contribution is 7.90. The second-order valence-corrected chi connectivity index (χ2v) is 8.01. The quantitative estimate of drug-likeness (QED) is 0.829. The largest absolute Gasteiger partial charge is 0.480 e. The molecule has 0 aromatic rings. The predicted octanol–water partition coefficient (Wildman–Crippen LogP) is 0.740. The van der Waals surface area contributed by atoms with Gasteiger partial charge in [0.2, 0.25) is 10.0 Å². The maximum atomic E-state index is 12.1. The second kappa shape index (κ2) is 6.41. The van der Waals surface area contributed by atoms with Gasteiger partial charge in [0, 0.05) is 19.1 Å². The van der Waals surface area contributed by atoms with Crippen LogP contribution in [0.15, 0.2) is 0 Å². The lowest BCUT2D eigenvalue weighted by Gasteiger charge is -2.40. The lowest BCUT2D eigenvalue weighted by Crippen LogP contribution is -2.50. The number of aliphatic carboxylic acids is 1. The molecule has 1 unspecified atom stereocenters. The van der Waals surface area contributed by atoms with E-state index in [0.717, 1.165) is 25.9 Å². The molecule has 0 aromatic carbocycles. The number of sulfonamides is 1. The first kappa shape index (κ1) is 15.7. The van der Waals surface area contributed by atoms with Gasteiger partial charge in [-0.25, -0.2) is 12.7 Å². The van der Waals surface area contributed by atoms with Gasteiger partial charge < -0.3 is 10.0 Å². The van der Waals surface area contributed by atoms with Gasteiger partial charge in [-0.15, -0.1) is 0 Å². The molecule has 2 fully saturated rings. The molecule has 6 nitrogen and oxygen atoms in total. The number of hydrogen-bond acceptors (Lipinski definition) is 4. The lowest BCUT2D eigenvalue weighted by atomic mass is 10.0. The van der Waals surface area contributed by atoms with Crippen LogP contribution in [0.25, 0.3) is 0 Å². The lowest BCUT2D eigenvalue weighted by molar-refractivity contribution is -0.136. The van der Waals surface area contributed by atoms with Crippen LogP contribution in [0, 0.1) is 0 Å². The molecule has 2 saturated heterocycles. The van der Waals surface area contributed by atoms with Crippen molar-refractivity contribution < 1.29 is 18.3 Å². The van der Waals surface area contributed by atoms with Crippen LogP contribution in [-0.2, 0) is 14.8 Å². The molecule has 0 bridgehead atoms. The zero-order chi connectivity index (χ0) is 14.8. The molecule has 0 aromatic heterocycles. The van der Waals surface area contributed by atoms with Crippen molar-refractivity contribution in [3.8, 4) is 0 Å². The molecule has 20 heavy (non-hydrogen) atoms. The van der Waals surface area contributed by atoms with Crippen molar-refractivity contribution in [2.45, 2.75) is 50.3 Å². The van der Waals surface area contributed by atoms with Crippen molar-refractivity contribution >= 4 is 16.0 Å². The molecule has 2 rings (SSSR count). The van der Waals surface area contributed by atoms with E-state index < -0.39 is 21.2 Å². The van der Waals surface area contributed by atoms with E-state index in [1.165, 1.54) is 30.5 Å². The first-order valence-corrected chi connectivity index (χ1v) is 8.89. The van der Waals surface area contributed by atoms with Gasteiger partial charge in [0.25, 0.3) is 0 Å². The number of likely N-dealkylation sites (tertiary alicyclic amines) is 1. The minimum atomic E-state index is -3.70. The number of carbonyl (C=O) groups is 1. The van der Waals surface area contributed by atoms with Gasteiger partial charge in [-0.1, -0.05) is 6.42 Å². The van der Waals surface area contributed by atoms with Crippen LogP contribution in [-0.4, -0.2) is 66.2 Å². The Morgan fingerprint density at radius 2 is 1.65 bits per heavy atom. The maximum absolute atomic E-state index is 12.1. The fraction of sp³-hybridized carbons (Fsp3) is 0.923. The molecule has 7 heteroatoms. The standard InChI is InChI=1S/C13H24N2O4S/c1-11(13(16)17)20(18,19)15-9-5-12(6-10-15)14-7-3-2-4-8-14/h11-12H,2-10H2,1H3,(H,16,17). The average Bonchev–Trinajstić information content (AvgIpc) is 2.47. The van der Waals surface area contributed by atoms with Crippen molar-refractivity contribution in [1.82, 2.24) is 9.21 Å². The Balaban J connectivity index is 1.92. The highest BCUT2D eigenvalue weighted by Crippen LogP contribution is 2.23. The highest BCUT2D eigenvalue weighted by atomic mass is 32.2. The molecule has 0 saturated carbocycles. The van der Waals surface area contributed by atoms with Crippen LogP contribution in [0.4, 0.5) is 0 Å². The first-order valence-electron chi connectivity index (χ1n) is 7.38. The normalized spacial score (nSPS) is 25.4. The molecule has 2 aliphatic rings. The summed E-state index contributed by atoms with van der Waals surface area (Å²) in [6.07, 6.45) is 5.38. The summed E-state index contributed by atoms with van der Waals surface area (Å²) in [5.41, 5.74) is 0. The second-order valence-electron chi connectivity index (χ2n) is 5.75. The van der Waals surface area contributed by atoms with E-state index in [0.29, 0.717) is 19.1 Å². The molecule has 0 radical (unpaired) electrons. The van der Waals surface area contributed by atoms with Gasteiger partial charge in [0.1, 0.15) is 0 Å². The summed E-state index contributed by atoms with van der Waals surface area (Å²) >= 11 is 0. The topological polar surface area (TPSA) is 77.9 Å². The van der Waals surface area contributed by atoms with E-state index in [2.05, 4.69) is 4.90 Å². The van der Waals surface area contributed by atoms with Crippen molar-refractivity contribution in [3.63, 3.8) is 0 Å². The summed E-state index contributed by atoms with van der Waals surface area (Å²) in [5, 5.41) is 7.54. The van der Waals surface area contributed by atoms with Gasteiger partial charge in [0.05, 0.1) is 0 Å². The van der Waals surface area contributed by atoms with E-state index in [9.17, 15) is 13.2 Å². The zero-order valence-electron chi connectivity index (χ0n) is 12.0. The first-order chi connectivity index (χ1) is 9.43. The summed E-state index contributed by atoms with van der Waals surface area (Å²) in [6.45, 7) is 4.36. The fourth-order valence-electron chi connectivity index (χ4n) is 3.10. The van der Waals surface area contributed by atoms with Crippen molar-refractivity contribution in [2.75, 3.05) is 26.2 Å². The van der Waals surface area contributed by atoms with Crippen molar-refractivity contribution in [3.05, 3.63) is 0 Å². The van der Waals surface area contributed by atoms with Crippen LogP contribution in [0.3, 0.4) is 0 Å². The van der Waals surface area contributed by atoms with Gasteiger partial charge >= 0.3 is 5.97 Å². The van der Waals surface area contributed by atoms with E-state index in [-0.39, 0.29) is 0 Å². The molecule has 1 atom stereocenters. The number of carboxylic acid groups (broad SMARTS) is 1. The highest BCUT2D eigenvalue weighted by Gasteiger charge is 2.37. The van der Waals surface area contributed by atoms with Gasteiger partial charge in [-0.05, 0) is 45.7 Å². The summed E-state index contributed by atoms with van der Waals surface area (Å²) in [5.74, 6) is -1.27. The van der Waals surface area contributed by atoms with Gasteiger partial charge in [0.15, 0.2) is 5.25 Å². The molecule has 0 spiro atoms. The molecule has 2 heterocycles. The monoisotopic (exact) mass is 304 g/mol. The summed E-state index contributed by atoms with van der Waals surface area (Å²) in [6, 6.07) is 0.460. The van der Waals surface area contributed by atoms with Crippen LogP contribution in [0.1, 0.15) is 39.0 Å². The summed E-state index contributed by atoms with van der Waals surface area (Å²) in [7, 11) is -3.70. The van der Waals surface area contributed by atoms with Crippen LogP contribution in [0.5, 0.6) is 0 Å². The zero-order valence-corrected chi connectivity index (χ0v) is 12.8. The maximum Gasteiger partial charge on any atom is 0.323 e. The van der Waals surface area contributed by atoms with E-state index in [1.54, 1.807) is 0 Å². The Morgan fingerprint density at radius 1 is 1.10 bits per heavy atom. The molecule has 0 amide bonds. The molecular formula is C13H24N2O4S. The number of nitrogens with zero attached hydrogens (tertiary/aromatic N) is 2. The molecule has 116 valence electrons. The summed E-state index contributed by atoms with van der Waals surface area (Å²) in [4.78, 5) is 13.4. The molecule has 0 aliphatic carbocycles. The average molecular weight is 304 g/mol. The summed E-state index contributed by atoms with van der Waals surface area (Å²) < 4.78 is 25.6. The minimum absolute atomic E-state index is 0.446. The van der Waals surface area contributed by atoms with Crippen molar-refractivity contribution in [1.29, 1.82) is 0 Å². The number of carboxylic acids is 1. The van der Waals surface area contributed by atoms with E-state index in [1.807, 2.05) is 0 Å². The Bertz CT molecular complexity index is 437. The van der Waals surface area contributed by atoms with Gasteiger partial charge in [-0.3, -0.25) is 4.79 Å². The predicted molar refractivity (Wildman–Crippen MR) is 76.0 cm³/mol. The van der Waals surface area contributed by atoms with Crippen LogP contribution < -0.4 is 0 Å².